The van der Waals surface area contributed by atoms with Crippen LogP contribution < -0.4 is 9.47 Å². The SMILES string of the molecule is COc1ccc(OC)c(S(=O)(=O)N(C)Cc2ccc(C)cc2)c1. The number of methoxy groups -OCH3 is 2. The number of aryl methyl sites for hydroxylation is 1. The van der Waals surface area contributed by atoms with Gasteiger partial charge >= 0.3 is 0 Å². The van der Waals surface area contributed by atoms with Gasteiger partial charge < -0.3 is 9.47 Å². The van der Waals surface area contributed by atoms with E-state index in [1.54, 1.807) is 19.2 Å². The van der Waals surface area contributed by atoms with Gasteiger partial charge in [0.1, 0.15) is 16.4 Å². The van der Waals surface area contributed by atoms with E-state index in [2.05, 4.69) is 0 Å². The van der Waals surface area contributed by atoms with E-state index in [1.807, 2.05) is 31.2 Å². The van der Waals surface area contributed by atoms with Crippen LogP contribution in [-0.4, -0.2) is 34.0 Å². The Labute approximate surface area is 137 Å². The third-order valence-electron chi connectivity index (χ3n) is 3.58. The van der Waals surface area contributed by atoms with Crippen molar-refractivity contribution in [1.82, 2.24) is 4.31 Å². The highest BCUT2D eigenvalue weighted by atomic mass is 32.2. The molecule has 2 aromatic carbocycles. The number of rotatable bonds is 6. The van der Waals surface area contributed by atoms with E-state index in [1.165, 1.54) is 24.6 Å². The minimum atomic E-state index is -3.69. The van der Waals surface area contributed by atoms with Crippen molar-refractivity contribution in [3.05, 3.63) is 53.6 Å². The molecule has 0 N–H and O–H groups in total. The van der Waals surface area contributed by atoms with Crippen molar-refractivity contribution in [2.75, 3.05) is 21.3 Å². The van der Waals surface area contributed by atoms with E-state index in [-0.39, 0.29) is 11.4 Å². The summed E-state index contributed by atoms with van der Waals surface area (Å²) in [4.78, 5) is 0.0916. The Morgan fingerprint density at radius 1 is 1.00 bits per heavy atom. The fourth-order valence-electron chi connectivity index (χ4n) is 2.19. The first-order chi connectivity index (χ1) is 10.9. The minimum Gasteiger partial charge on any atom is -0.497 e. The zero-order valence-electron chi connectivity index (χ0n) is 13.7. The number of hydrogen-bond acceptors (Lipinski definition) is 4. The maximum absolute atomic E-state index is 12.8. The molecule has 0 heterocycles. The molecule has 0 aliphatic heterocycles. The average molecular weight is 335 g/mol. The smallest absolute Gasteiger partial charge is 0.246 e. The fourth-order valence-corrected chi connectivity index (χ4v) is 3.51. The normalized spacial score (nSPS) is 11.5. The number of nitrogens with zero attached hydrogens (tertiary/aromatic N) is 1. The first-order valence-electron chi connectivity index (χ1n) is 7.12. The molecule has 0 bridgehead atoms. The Kier molecular flexibility index (Phi) is 5.28. The first-order valence-corrected chi connectivity index (χ1v) is 8.56. The van der Waals surface area contributed by atoms with Crippen molar-refractivity contribution in [3.8, 4) is 11.5 Å². The Bertz CT molecular complexity index is 770. The molecule has 124 valence electrons. The number of hydrogen-bond donors (Lipinski definition) is 0. The average Bonchev–Trinajstić information content (AvgIpc) is 2.56. The lowest BCUT2D eigenvalue weighted by atomic mass is 10.1. The zero-order valence-corrected chi connectivity index (χ0v) is 14.6. The lowest BCUT2D eigenvalue weighted by molar-refractivity contribution is 0.388. The molecule has 0 saturated carbocycles. The van der Waals surface area contributed by atoms with E-state index >= 15 is 0 Å². The lowest BCUT2D eigenvalue weighted by Crippen LogP contribution is -2.27. The molecule has 0 aliphatic carbocycles. The second-order valence-electron chi connectivity index (χ2n) is 5.26. The van der Waals surface area contributed by atoms with Gasteiger partial charge in [0.25, 0.3) is 0 Å². The molecular formula is C17H21NO4S. The molecule has 0 fully saturated rings. The third-order valence-corrected chi connectivity index (χ3v) is 5.41. The molecule has 0 aromatic heterocycles. The molecule has 0 saturated heterocycles. The quantitative estimate of drug-likeness (QED) is 0.814. The monoisotopic (exact) mass is 335 g/mol. The largest absolute Gasteiger partial charge is 0.497 e. The molecule has 5 nitrogen and oxygen atoms in total. The van der Waals surface area contributed by atoms with E-state index < -0.39 is 10.0 Å². The molecule has 0 amide bonds. The van der Waals surface area contributed by atoms with Crippen LogP contribution in [0.3, 0.4) is 0 Å². The summed E-state index contributed by atoms with van der Waals surface area (Å²) in [6.45, 7) is 2.27. The van der Waals surface area contributed by atoms with Gasteiger partial charge in [-0.2, -0.15) is 4.31 Å². The van der Waals surface area contributed by atoms with Crippen molar-refractivity contribution in [2.45, 2.75) is 18.4 Å². The third kappa shape index (κ3) is 3.83. The summed E-state index contributed by atoms with van der Waals surface area (Å²) >= 11 is 0. The predicted molar refractivity (Wildman–Crippen MR) is 89.4 cm³/mol. The van der Waals surface area contributed by atoms with E-state index in [4.69, 9.17) is 9.47 Å². The molecule has 0 spiro atoms. The van der Waals surface area contributed by atoms with Crippen LogP contribution in [0.15, 0.2) is 47.4 Å². The van der Waals surface area contributed by atoms with Gasteiger partial charge in [0.05, 0.1) is 14.2 Å². The Morgan fingerprint density at radius 2 is 1.65 bits per heavy atom. The molecule has 0 unspecified atom stereocenters. The molecule has 0 radical (unpaired) electrons. The zero-order chi connectivity index (χ0) is 17.0. The lowest BCUT2D eigenvalue weighted by Gasteiger charge is -2.19. The summed E-state index contributed by atoms with van der Waals surface area (Å²) in [6, 6.07) is 12.5. The van der Waals surface area contributed by atoms with Gasteiger partial charge in [-0.1, -0.05) is 29.8 Å². The van der Waals surface area contributed by atoms with Crippen LogP contribution >= 0.6 is 0 Å². The van der Waals surface area contributed by atoms with Crippen LogP contribution in [0.4, 0.5) is 0 Å². The predicted octanol–water partition coefficient (Wildman–Crippen LogP) is 2.83. The molecule has 2 rings (SSSR count). The Balaban J connectivity index is 2.35. The summed E-state index contributed by atoms with van der Waals surface area (Å²) < 4.78 is 37.3. The van der Waals surface area contributed by atoms with Crippen LogP contribution in [-0.2, 0) is 16.6 Å². The maximum atomic E-state index is 12.8. The van der Waals surface area contributed by atoms with Gasteiger partial charge in [-0.25, -0.2) is 8.42 Å². The van der Waals surface area contributed by atoms with Crippen molar-refractivity contribution in [3.63, 3.8) is 0 Å². The van der Waals surface area contributed by atoms with Crippen molar-refractivity contribution in [2.24, 2.45) is 0 Å². The van der Waals surface area contributed by atoms with E-state index in [9.17, 15) is 8.42 Å². The second kappa shape index (κ2) is 7.02. The van der Waals surface area contributed by atoms with Crippen LogP contribution in [0.1, 0.15) is 11.1 Å². The van der Waals surface area contributed by atoms with Crippen molar-refractivity contribution >= 4 is 10.0 Å². The molecule has 0 aliphatic rings. The van der Waals surface area contributed by atoms with Gasteiger partial charge in [0.15, 0.2) is 0 Å². The summed E-state index contributed by atoms with van der Waals surface area (Å²) in [5.74, 6) is 0.759. The summed E-state index contributed by atoms with van der Waals surface area (Å²) in [7, 11) is 0.795. The van der Waals surface area contributed by atoms with Crippen LogP contribution in [0.2, 0.25) is 0 Å². The van der Waals surface area contributed by atoms with E-state index in [0.29, 0.717) is 11.5 Å². The highest BCUT2D eigenvalue weighted by molar-refractivity contribution is 7.89. The summed E-state index contributed by atoms with van der Waals surface area (Å²) in [5, 5.41) is 0. The van der Waals surface area contributed by atoms with Crippen LogP contribution in [0, 0.1) is 6.92 Å². The number of sulfonamides is 1. The fraction of sp³-hybridized carbons (Fsp3) is 0.294. The van der Waals surface area contributed by atoms with Crippen LogP contribution in [0.5, 0.6) is 11.5 Å². The first kappa shape index (κ1) is 17.3. The summed E-state index contributed by atoms with van der Waals surface area (Å²) in [6.07, 6.45) is 0. The van der Waals surface area contributed by atoms with Gasteiger partial charge in [0.2, 0.25) is 10.0 Å². The van der Waals surface area contributed by atoms with Gasteiger partial charge in [-0.05, 0) is 24.6 Å². The molecule has 2 aromatic rings. The van der Waals surface area contributed by atoms with Gasteiger partial charge in [0, 0.05) is 19.7 Å². The van der Waals surface area contributed by atoms with Gasteiger partial charge in [-0.3, -0.25) is 0 Å². The van der Waals surface area contributed by atoms with E-state index in [0.717, 1.165) is 11.1 Å². The molecule has 23 heavy (non-hydrogen) atoms. The molecular weight excluding hydrogens is 314 g/mol. The van der Waals surface area contributed by atoms with Crippen LogP contribution in [0.25, 0.3) is 0 Å². The highest BCUT2D eigenvalue weighted by Gasteiger charge is 2.25. The Hall–Kier alpha value is -2.05. The maximum Gasteiger partial charge on any atom is 0.246 e. The minimum absolute atomic E-state index is 0.0916. The topological polar surface area (TPSA) is 55.8 Å². The second-order valence-corrected chi connectivity index (χ2v) is 7.28. The Morgan fingerprint density at radius 3 is 2.22 bits per heavy atom. The number of ether oxygens (including phenoxy) is 2. The molecule has 6 heteroatoms. The van der Waals surface area contributed by atoms with Gasteiger partial charge in [-0.15, -0.1) is 0 Å². The number of benzene rings is 2. The standard InChI is InChI=1S/C17H21NO4S/c1-13-5-7-14(8-6-13)12-18(2)23(19,20)17-11-15(21-3)9-10-16(17)22-4/h5-11H,12H2,1-4H3. The summed E-state index contributed by atoms with van der Waals surface area (Å²) in [5.41, 5.74) is 2.05. The van der Waals surface area contributed by atoms with Crippen molar-refractivity contribution in [1.29, 1.82) is 0 Å². The highest BCUT2D eigenvalue weighted by Crippen LogP contribution is 2.30. The van der Waals surface area contributed by atoms with Crippen molar-refractivity contribution < 1.29 is 17.9 Å². The molecule has 0 atom stereocenters.